The number of benzene rings is 1. The lowest BCUT2D eigenvalue weighted by atomic mass is 10.3. The number of anilines is 1. The van der Waals surface area contributed by atoms with Crippen LogP contribution >= 0.6 is 23.4 Å². The molecule has 0 aliphatic carbocycles. The van der Waals surface area contributed by atoms with Gasteiger partial charge in [0.1, 0.15) is 17.5 Å². The predicted octanol–water partition coefficient (Wildman–Crippen LogP) is 3.59. The molecule has 0 saturated carbocycles. The van der Waals surface area contributed by atoms with E-state index in [-0.39, 0.29) is 4.90 Å². The fraction of sp³-hybridized carbons (Fsp3) is 0.0833. The summed E-state index contributed by atoms with van der Waals surface area (Å²) < 4.78 is 26.5. The van der Waals surface area contributed by atoms with Gasteiger partial charge in [-0.3, -0.25) is 0 Å². The van der Waals surface area contributed by atoms with Crippen molar-refractivity contribution >= 4 is 29.2 Å². The summed E-state index contributed by atoms with van der Waals surface area (Å²) in [6.45, 7) is 0. The van der Waals surface area contributed by atoms with Gasteiger partial charge in [0, 0.05) is 10.6 Å². The van der Waals surface area contributed by atoms with E-state index in [1.165, 1.54) is 0 Å². The second-order valence-corrected chi connectivity index (χ2v) is 5.06. The molecule has 0 saturated heterocycles. The third-order valence-corrected chi connectivity index (χ3v) is 3.71. The molecule has 3 N–H and O–H groups in total. The highest BCUT2D eigenvalue weighted by atomic mass is 35.5. The van der Waals surface area contributed by atoms with E-state index < -0.39 is 11.6 Å². The highest BCUT2D eigenvalue weighted by Gasteiger charge is 2.08. The third-order valence-electron chi connectivity index (χ3n) is 2.32. The Labute approximate surface area is 118 Å². The number of rotatable bonds is 4. The number of pyridine rings is 1. The average Bonchev–Trinajstić information content (AvgIpc) is 2.41. The molecular formula is C12H10ClF2N3S. The standard InChI is InChI=1S/C12H10ClF2N3S/c13-8-2-4-12(18-16)17-10(8)6-19-11-5-7(14)1-3-9(11)15/h1-5H,6,16H2,(H,17,18). The van der Waals surface area contributed by atoms with E-state index in [1.54, 1.807) is 12.1 Å². The summed E-state index contributed by atoms with van der Waals surface area (Å²) in [5, 5.41) is 0.448. The van der Waals surface area contributed by atoms with Crippen LogP contribution < -0.4 is 11.3 Å². The minimum absolute atomic E-state index is 0.212. The highest BCUT2D eigenvalue weighted by Crippen LogP contribution is 2.28. The molecule has 0 aliphatic rings. The zero-order valence-corrected chi connectivity index (χ0v) is 11.2. The Morgan fingerprint density at radius 2 is 2.05 bits per heavy atom. The third kappa shape index (κ3) is 3.56. The van der Waals surface area contributed by atoms with E-state index in [2.05, 4.69) is 10.4 Å². The van der Waals surface area contributed by atoms with Gasteiger partial charge in [-0.25, -0.2) is 19.6 Å². The molecule has 0 fully saturated rings. The van der Waals surface area contributed by atoms with Crippen molar-refractivity contribution in [3.63, 3.8) is 0 Å². The molecule has 1 aromatic carbocycles. The summed E-state index contributed by atoms with van der Waals surface area (Å²) in [6.07, 6.45) is 0. The lowest BCUT2D eigenvalue weighted by Gasteiger charge is -2.07. The van der Waals surface area contributed by atoms with E-state index in [9.17, 15) is 8.78 Å². The van der Waals surface area contributed by atoms with E-state index in [0.717, 1.165) is 30.0 Å². The summed E-state index contributed by atoms with van der Waals surface area (Å²) >= 11 is 7.10. The molecule has 0 atom stereocenters. The Kier molecular flexibility index (Phi) is 4.57. The van der Waals surface area contributed by atoms with Gasteiger partial charge in [-0.15, -0.1) is 11.8 Å². The summed E-state index contributed by atoms with van der Waals surface area (Å²) in [4.78, 5) is 4.36. The number of nitrogen functional groups attached to an aromatic ring is 1. The van der Waals surface area contributed by atoms with Crippen LogP contribution in [-0.4, -0.2) is 4.98 Å². The molecule has 3 nitrogen and oxygen atoms in total. The predicted molar refractivity (Wildman–Crippen MR) is 73.0 cm³/mol. The largest absolute Gasteiger partial charge is 0.308 e. The maximum atomic E-state index is 13.4. The molecule has 2 rings (SSSR count). The van der Waals surface area contributed by atoms with Crippen molar-refractivity contribution in [1.82, 2.24) is 4.98 Å². The van der Waals surface area contributed by atoms with Crippen molar-refractivity contribution in [2.75, 3.05) is 5.43 Å². The number of hydrazine groups is 1. The van der Waals surface area contributed by atoms with Gasteiger partial charge in [-0.1, -0.05) is 11.6 Å². The molecule has 19 heavy (non-hydrogen) atoms. The van der Waals surface area contributed by atoms with Gasteiger partial charge >= 0.3 is 0 Å². The second kappa shape index (κ2) is 6.18. The first-order valence-electron chi connectivity index (χ1n) is 5.30. The molecule has 0 bridgehead atoms. The maximum Gasteiger partial charge on any atom is 0.140 e. The van der Waals surface area contributed by atoms with Gasteiger partial charge < -0.3 is 5.43 Å². The number of halogens is 3. The smallest absolute Gasteiger partial charge is 0.140 e. The topological polar surface area (TPSA) is 50.9 Å². The first kappa shape index (κ1) is 14.0. The van der Waals surface area contributed by atoms with Crippen LogP contribution in [0.25, 0.3) is 0 Å². The molecule has 1 aromatic heterocycles. The average molecular weight is 302 g/mol. The molecule has 7 heteroatoms. The van der Waals surface area contributed by atoms with Crippen molar-refractivity contribution in [1.29, 1.82) is 0 Å². The van der Waals surface area contributed by atoms with Crippen molar-refractivity contribution < 1.29 is 8.78 Å². The number of thioether (sulfide) groups is 1. The van der Waals surface area contributed by atoms with Crippen LogP contribution in [0, 0.1) is 11.6 Å². The zero-order chi connectivity index (χ0) is 13.8. The van der Waals surface area contributed by atoms with Crippen LogP contribution in [0.5, 0.6) is 0 Å². The Bertz CT molecular complexity index is 595. The molecular weight excluding hydrogens is 292 g/mol. The summed E-state index contributed by atoms with van der Waals surface area (Å²) in [5.41, 5.74) is 2.95. The fourth-order valence-corrected chi connectivity index (χ4v) is 2.57. The van der Waals surface area contributed by atoms with Crippen LogP contribution in [0.1, 0.15) is 5.69 Å². The van der Waals surface area contributed by atoms with Gasteiger partial charge in [0.15, 0.2) is 0 Å². The van der Waals surface area contributed by atoms with Crippen molar-refractivity contribution in [3.8, 4) is 0 Å². The first-order valence-corrected chi connectivity index (χ1v) is 6.66. The minimum atomic E-state index is -0.486. The number of hydrogen-bond acceptors (Lipinski definition) is 4. The number of nitrogens with two attached hydrogens (primary N) is 1. The molecule has 2 aromatic rings. The van der Waals surface area contributed by atoms with Gasteiger partial charge in [0.05, 0.1) is 10.7 Å². The van der Waals surface area contributed by atoms with E-state index in [4.69, 9.17) is 17.4 Å². The van der Waals surface area contributed by atoms with E-state index in [1.807, 2.05) is 0 Å². The van der Waals surface area contributed by atoms with E-state index in [0.29, 0.717) is 22.3 Å². The van der Waals surface area contributed by atoms with Gasteiger partial charge in [0.2, 0.25) is 0 Å². The maximum absolute atomic E-state index is 13.4. The Hall–Kier alpha value is -1.37. The van der Waals surface area contributed by atoms with Gasteiger partial charge in [-0.2, -0.15) is 0 Å². The lowest BCUT2D eigenvalue weighted by Crippen LogP contribution is -2.09. The fourth-order valence-electron chi connectivity index (χ4n) is 1.40. The molecule has 0 aliphatic heterocycles. The summed E-state index contributed by atoms with van der Waals surface area (Å²) in [6, 6.07) is 6.56. The quantitative estimate of drug-likeness (QED) is 0.515. The summed E-state index contributed by atoms with van der Waals surface area (Å²) in [5.74, 6) is 5.06. The molecule has 0 amide bonds. The van der Waals surface area contributed by atoms with Crippen molar-refractivity contribution in [2.45, 2.75) is 10.6 Å². The highest BCUT2D eigenvalue weighted by molar-refractivity contribution is 7.98. The van der Waals surface area contributed by atoms with Crippen molar-refractivity contribution in [2.24, 2.45) is 5.84 Å². The van der Waals surface area contributed by atoms with Gasteiger partial charge in [0.25, 0.3) is 0 Å². The molecule has 0 spiro atoms. The molecule has 100 valence electrons. The van der Waals surface area contributed by atoms with Crippen LogP contribution in [0.3, 0.4) is 0 Å². The van der Waals surface area contributed by atoms with Crippen LogP contribution in [0.2, 0.25) is 5.02 Å². The van der Waals surface area contributed by atoms with Crippen LogP contribution in [0.15, 0.2) is 35.2 Å². The Morgan fingerprint density at radius 1 is 1.26 bits per heavy atom. The number of aromatic nitrogens is 1. The molecule has 0 radical (unpaired) electrons. The minimum Gasteiger partial charge on any atom is -0.308 e. The summed E-state index contributed by atoms with van der Waals surface area (Å²) in [7, 11) is 0. The number of hydrogen-bond donors (Lipinski definition) is 2. The number of nitrogens with one attached hydrogen (secondary N) is 1. The van der Waals surface area contributed by atoms with Crippen LogP contribution in [-0.2, 0) is 5.75 Å². The second-order valence-electron chi connectivity index (χ2n) is 3.63. The van der Waals surface area contributed by atoms with Crippen LogP contribution in [0.4, 0.5) is 14.6 Å². The normalized spacial score (nSPS) is 10.5. The first-order chi connectivity index (χ1) is 9.10. The van der Waals surface area contributed by atoms with Gasteiger partial charge in [-0.05, 0) is 30.3 Å². The molecule has 1 heterocycles. The van der Waals surface area contributed by atoms with Crippen molar-refractivity contribution in [3.05, 3.63) is 52.7 Å². The monoisotopic (exact) mass is 301 g/mol. The number of nitrogens with zero attached hydrogens (tertiary/aromatic N) is 1. The Balaban J connectivity index is 2.16. The zero-order valence-electron chi connectivity index (χ0n) is 9.66. The lowest BCUT2D eigenvalue weighted by molar-refractivity contribution is 0.577. The Morgan fingerprint density at radius 3 is 2.79 bits per heavy atom. The molecule has 0 unspecified atom stereocenters. The SMILES string of the molecule is NNc1ccc(Cl)c(CSc2cc(F)ccc2F)n1. The van der Waals surface area contributed by atoms with E-state index >= 15 is 0 Å².